The molecule has 0 heterocycles. The molecule has 0 saturated heterocycles. The molecule has 7 N–H and O–H groups in total. The molecule has 204 valence electrons. The Morgan fingerprint density at radius 3 is 2.45 bits per heavy atom. The molecule has 0 saturated carbocycles. The van der Waals surface area contributed by atoms with E-state index in [-0.39, 0.29) is 48.6 Å². The van der Waals surface area contributed by atoms with E-state index in [1.807, 2.05) is 13.8 Å². The van der Waals surface area contributed by atoms with Gasteiger partial charge in [0.1, 0.15) is 17.1 Å². The Bertz CT molecular complexity index is 1330. The number of nitrogens with one attached hydrogen (secondary N) is 1. The first kappa shape index (κ1) is 27.0. The number of primary amides is 1. The first-order chi connectivity index (χ1) is 17.7. The van der Waals surface area contributed by atoms with Gasteiger partial charge in [0.15, 0.2) is 17.1 Å². The highest BCUT2D eigenvalue weighted by Gasteiger charge is 2.59. The molecule has 0 spiro atoms. The molecule has 0 radical (unpaired) electrons. The van der Waals surface area contributed by atoms with Crippen LogP contribution in [0.25, 0.3) is 0 Å². The standard InChI is InChI=1S/C26H31N3O9/c1-10(2)9-38-25(36)28-14-8-15(29(3)4)13-6-11-5-12-7-16(30)19(24(27)35)23(34)26(12,37)22(33)17(11)21(32)18(13)20(14)31/h8,10-12,30-31,33,37H,5-7,9H2,1-4H3,(H2,27,35)(H,28,36)/t11-,12+,26+/m1/s1. The van der Waals surface area contributed by atoms with Crippen molar-refractivity contribution >= 4 is 34.9 Å². The second kappa shape index (κ2) is 9.35. The maximum absolute atomic E-state index is 13.8. The zero-order valence-corrected chi connectivity index (χ0v) is 21.5. The summed E-state index contributed by atoms with van der Waals surface area (Å²) < 4.78 is 5.12. The predicted molar refractivity (Wildman–Crippen MR) is 135 cm³/mol. The molecule has 1 aromatic carbocycles. The van der Waals surface area contributed by atoms with E-state index in [0.29, 0.717) is 11.3 Å². The van der Waals surface area contributed by atoms with Crippen molar-refractivity contribution in [3.8, 4) is 5.75 Å². The van der Waals surface area contributed by atoms with Crippen molar-refractivity contribution in [2.45, 2.75) is 38.7 Å². The topological polar surface area (TPSA) is 200 Å². The number of Topliss-reactive ketones (excluding diaryl/α,β-unsaturated/α-hetero) is 2. The second-order valence-electron chi connectivity index (χ2n) is 10.6. The quantitative estimate of drug-likeness (QED) is 0.241. The van der Waals surface area contributed by atoms with Gasteiger partial charge in [0, 0.05) is 37.7 Å². The van der Waals surface area contributed by atoms with Crippen molar-refractivity contribution in [3.05, 3.63) is 39.9 Å². The Balaban J connectivity index is 1.84. The number of aliphatic hydroxyl groups excluding tert-OH is 2. The minimum Gasteiger partial charge on any atom is -0.511 e. The number of ether oxygens (including phenoxy) is 1. The number of ketones is 2. The van der Waals surface area contributed by atoms with Gasteiger partial charge in [-0.1, -0.05) is 13.8 Å². The molecule has 0 aromatic heterocycles. The molecule has 3 aliphatic carbocycles. The highest BCUT2D eigenvalue weighted by molar-refractivity contribution is 6.24. The highest BCUT2D eigenvalue weighted by Crippen LogP contribution is 2.53. The van der Waals surface area contributed by atoms with E-state index in [4.69, 9.17) is 10.5 Å². The Kier molecular flexibility index (Phi) is 6.64. The van der Waals surface area contributed by atoms with Crippen LogP contribution in [0, 0.1) is 17.8 Å². The summed E-state index contributed by atoms with van der Waals surface area (Å²) in [5.74, 6) is -7.09. The van der Waals surface area contributed by atoms with Crippen LogP contribution in [0.2, 0.25) is 0 Å². The van der Waals surface area contributed by atoms with Gasteiger partial charge in [0.25, 0.3) is 5.91 Å². The molecule has 0 bridgehead atoms. The summed E-state index contributed by atoms with van der Waals surface area (Å²) in [5, 5.41) is 46.3. The molecule has 1 aromatic rings. The number of nitrogens with zero attached hydrogens (tertiary/aromatic N) is 1. The number of aliphatic hydroxyl groups is 3. The maximum atomic E-state index is 13.8. The number of benzene rings is 1. The third-order valence-electron chi connectivity index (χ3n) is 7.30. The van der Waals surface area contributed by atoms with E-state index < -0.39 is 63.8 Å². The van der Waals surface area contributed by atoms with Gasteiger partial charge >= 0.3 is 6.09 Å². The third kappa shape index (κ3) is 4.05. The first-order valence-electron chi connectivity index (χ1n) is 12.2. The predicted octanol–water partition coefficient (Wildman–Crippen LogP) is 1.85. The Morgan fingerprint density at radius 1 is 1.21 bits per heavy atom. The van der Waals surface area contributed by atoms with Gasteiger partial charge < -0.3 is 35.8 Å². The molecule has 12 nitrogen and oxygen atoms in total. The summed E-state index contributed by atoms with van der Waals surface area (Å²) in [6.07, 6.45) is -0.969. The Hall–Kier alpha value is -4.06. The number of phenolic OH excluding ortho intramolecular Hbond substituents is 1. The van der Waals surface area contributed by atoms with Gasteiger partial charge in [-0.05, 0) is 36.3 Å². The maximum Gasteiger partial charge on any atom is 0.411 e. The molecular formula is C26H31N3O9. The number of carbonyl (C=O) groups is 4. The van der Waals surface area contributed by atoms with Gasteiger partial charge in [-0.2, -0.15) is 0 Å². The monoisotopic (exact) mass is 529 g/mol. The average molecular weight is 530 g/mol. The fourth-order valence-electron chi connectivity index (χ4n) is 5.55. The van der Waals surface area contributed by atoms with Crippen molar-refractivity contribution in [1.29, 1.82) is 0 Å². The van der Waals surface area contributed by atoms with Crippen LogP contribution in [0.5, 0.6) is 5.75 Å². The molecule has 3 aliphatic rings. The summed E-state index contributed by atoms with van der Waals surface area (Å²) in [7, 11) is 3.43. The van der Waals surface area contributed by atoms with E-state index in [0.717, 1.165) is 0 Å². The number of hydrogen-bond donors (Lipinski definition) is 6. The van der Waals surface area contributed by atoms with Gasteiger partial charge in [-0.3, -0.25) is 19.7 Å². The third-order valence-corrected chi connectivity index (χ3v) is 7.30. The van der Waals surface area contributed by atoms with E-state index in [1.54, 1.807) is 19.0 Å². The number of fused-ring (bicyclic) bond motifs is 3. The number of amides is 2. The van der Waals surface area contributed by atoms with Gasteiger partial charge in [-0.15, -0.1) is 0 Å². The molecule has 4 rings (SSSR count). The number of anilines is 2. The van der Waals surface area contributed by atoms with Crippen LogP contribution in [0.1, 0.15) is 42.6 Å². The molecule has 3 atom stereocenters. The lowest BCUT2D eigenvalue weighted by atomic mass is 9.60. The highest BCUT2D eigenvalue weighted by atomic mass is 16.5. The van der Waals surface area contributed by atoms with E-state index in [2.05, 4.69) is 5.32 Å². The van der Waals surface area contributed by atoms with Crippen molar-refractivity contribution in [1.82, 2.24) is 0 Å². The fraction of sp³-hybridized carbons (Fsp3) is 0.462. The Labute approximate surface area is 218 Å². The lowest BCUT2D eigenvalue weighted by molar-refractivity contribution is -0.144. The van der Waals surface area contributed by atoms with Crippen molar-refractivity contribution in [2.75, 3.05) is 30.9 Å². The summed E-state index contributed by atoms with van der Waals surface area (Å²) in [4.78, 5) is 52.7. The van der Waals surface area contributed by atoms with Crippen LogP contribution in [-0.4, -0.2) is 70.3 Å². The molecule has 0 fully saturated rings. The number of aromatic hydroxyl groups is 1. The average Bonchev–Trinajstić information content (AvgIpc) is 2.81. The van der Waals surface area contributed by atoms with E-state index in [9.17, 15) is 39.6 Å². The number of nitrogens with two attached hydrogens (primary N) is 1. The van der Waals surface area contributed by atoms with Crippen LogP contribution in [0.15, 0.2) is 28.7 Å². The second-order valence-corrected chi connectivity index (χ2v) is 10.6. The largest absolute Gasteiger partial charge is 0.511 e. The fourth-order valence-corrected chi connectivity index (χ4v) is 5.55. The van der Waals surface area contributed by atoms with Gasteiger partial charge in [0.05, 0.1) is 17.9 Å². The normalized spacial score (nSPS) is 24.6. The summed E-state index contributed by atoms with van der Waals surface area (Å²) in [6.45, 7) is 3.84. The zero-order valence-electron chi connectivity index (χ0n) is 21.5. The van der Waals surface area contributed by atoms with E-state index >= 15 is 0 Å². The molecule has 0 aliphatic heterocycles. The lowest BCUT2D eigenvalue weighted by Gasteiger charge is -2.45. The van der Waals surface area contributed by atoms with Crippen molar-refractivity contribution in [2.24, 2.45) is 23.5 Å². The first-order valence-corrected chi connectivity index (χ1v) is 12.2. The minimum absolute atomic E-state index is 0.0259. The number of hydrogen-bond acceptors (Lipinski definition) is 10. The SMILES string of the molecule is CC(C)COC(=O)Nc1cc(N(C)C)c2c(c1O)C(=O)C1=C(O)[C@]3(O)C(=O)C(C(N)=O)=C(O)C[C@@H]3C[C@@H]1C2. The van der Waals surface area contributed by atoms with Crippen molar-refractivity contribution in [3.63, 3.8) is 0 Å². The lowest BCUT2D eigenvalue weighted by Crippen LogP contribution is -2.57. The van der Waals surface area contributed by atoms with Crippen molar-refractivity contribution < 1.29 is 44.3 Å². The Morgan fingerprint density at radius 2 is 1.87 bits per heavy atom. The van der Waals surface area contributed by atoms with Crippen LogP contribution in [-0.2, 0) is 20.7 Å². The molecule has 12 heteroatoms. The smallest absolute Gasteiger partial charge is 0.411 e. The van der Waals surface area contributed by atoms with Crippen LogP contribution >= 0.6 is 0 Å². The number of rotatable bonds is 5. The summed E-state index contributed by atoms with van der Waals surface area (Å²) in [5.41, 5.74) is 2.12. The number of carbonyl (C=O) groups excluding carboxylic acids is 4. The summed E-state index contributed by atoms with van der Waals surface area (Å²) in [6, 6.07) is 1.50. The van der Waals surface area contributed by atoms with Gasteiger partial charge in [-0.25, -0.2) is 4.79 Å². The van der Waals surface area contributed by atoms with Crippen LogP contribution in [0.3, 0.4) is 0 Å². The summed E-state index contributed by atoms with van der Waals surface area (Å²) >= 11 is 0. The number of allylic oxidation sites excluding steroid dienone is 2. The van der Waals surface area contributed by atoms with Gasteiger partial charge in [0.2, 0.25) is 5.78 Å². The van der Waals surface area contributed by atoms with E-state index in [1.165, 1.54) is 6.07 Å². The van der Waals surface area contributed by atoms with Crippen LogP contribution < -0.4 is 16.0 Å². The number of phenols is 1. The molecular weight excluding hydrogens is 498 g/mol. The molecule has 2 amide bonds. The van der Waals surface area contributed by atoms with Crippen LogP contribution in [0.4, 0.5) is 16.2 Å². The zero-order chi connectivity index (χ0) is 28.3. The molecule has 0 unspecified atom stereocenters. The minimum atomic E-state index is -2.65. The molecule has 38 heavy (non-hydrogen) atoms.